The average Bonchev–Trinajstić information content (AvgIpc) is 2.82. The molecular formula is C24H26N4O5. The molecule has 0 saturated carbocycles. The Morgan fingerprint density at radius 2 is 1.55 bits per heavy atom. The molecule has 2 aromatic carbocycles. The van der Waals surface area contributed by atoms with Crippen molar-refractivity contribution in [3.63, 3.8) is 0 Å². The highest BCUT2D eigenvalue weighted by Gasteiger charge is 2.19. The third kappa shape index (κ3) is 7.22. The number of ether oxygens (including phenoxy) is 2. The van der Waals surface area contributed by atoms with Crippen molar-refractivity contribution in [1.29, 1.82) is 0 Å². The maximum Gasteiger partial charge on any atom is 0.333 e. The Balaban J connectivity index is 1.79. The molecule has 0 bridgehead atoms. The highest BCUT2D eigenvalue weighted by Crippen LogP contribution is 2.29. The fraction of sp³-hybridized carbons (Fsp3) is 0.208. The zero-order chi connectivity index (χ0) is 23.6. The van der Waals surface area contributed by atoms with Crippen LogP contribution < -0.4 is 20.6 Å². The van der Waals surface area contributed by atoms with Crippen LogP contribution in [-0.2, 0) is 13.2 Å². The van der Waals surface area contributed by atoms with Crippen LogP contribution in [0.1, 0.15) is 28.5 Å². The molecule has 0 aliphatic rings. The molecule has 3 amide bonds. The molecule has 0 aliphatic carbocycles. The summed E-state index contributed by atoms with van der Waals surface area (Å²) in [6.07, 6.45) is 0.505. The van der Waals surface area contributed by atoms with Crippen molar-refractivity contribution in [3.05, 3.63) is 89.7 Å². The van der Waals surface area contributed by atoms with Crippen molar-refractivity contribution in [2.24, 2.45) is 5.73 Å². The van der Waals surface area contributed by atoms with Crippen LogP contribution >= 0.6 is 0 Å². The molecule has 0 fully saturated rings. The Morgan fingerprint density at radius 1 is 1.00 bits per heavy atom. The molecule has 9 heteroatoms. The zero-order valence-corrected chi connectivity index (χ0v) is 18.2. The predicted octanol–water partition coefficient (Wildman–Crippen LogP) is 2.65. The number of hydrogen-bond acceptors (Lipinski definition) is 6. The van der Waals surface area contributed by atoms with Crippen LogP contribution in [0.25, 0.3) is 0 Å². The smallest absolute Gasteiger partial charge is 0.333 e. The molecule has 4 N–H and O–H groups in total. The normalized spacial score (nSPS) is 11.3. The van der Waals surface area contributed by atoms with Crippen molar-refractivity contribution >= 4 is 11.9 Å². The van der Waals surface area contributed by atoms with Crippen molar-refractivity contribution in [3.8, 4) is 11.5 Å². The zero-order valence-electron chi connectivity index (χ0n) is 18.2. The summed E-state index contributed by atoms with van der Waals surface area (Å²) in [5.41, 5.74) is 9.50. The minimum Gasteiger partial charge on any atom is -0.485 e. The van der Waals surface area contributed by atoms with Crippen LogP contribution in [0.3, 0.4) is 0 Å². The molecule has 0 saturated heterocycles. The second-order valence-corrected chi connectivity index (χ2v) is 7.30. The number of aliphatic hydroxyl groups is 1. The lowest BCUT2D eigenvalue weighted by Crippen LogP contribution is -2.51. The number of nitrogens with zero attached hydrogens (tertiary/aromatic N) is 2. The van der Waals surface area contributed by atoms with Gasteiger partial charge in [0, 0.05) is 6.07 Å². The summed E-state index contributed by atoms with van der Waals surface area (Å²) in [4.78, 5) is 28.4. The molecule has 0 spiro atoms. The maximum atomic E-state index is 12.7. The first kappa shape index (κ1) is 23.6. The molecule has 172 valence electrons. The van der Waals surface area contributed by atoms with Crippen molar-refractivity contribution in [2.45, 2.75) is 26.2 Å². The number of pyridine rings is 1. The molecule has 3 rings (SSSR count). The Kier molecular flexibility index (Phi) is 8.20. The van der Waals surface area contributed by atoms with E-state index in [4.69, 9.17) is 15.2 Å². The third-order valence-corrected chi connectivity index (χ3v) is 4.49. The molecule has 1 heterocycles. The first-order chi connectivity index (χ1) is 15.9. The highest BCUT2D eigenvalue weighted by atomic mass is 16.5. The fourth-order valence-corrected chi connectivity index (χ4v) is 2.88. The van der Waals surface area contributed by atoms with Gasteiger partial charge in [0.2, 0.25) is 0 Å². The number of nitrogens with one attached hydrogen (secondary N) is 1. The number of primary amides is 1. The Hall–Kier alpha value is -4.11. The number of carbonyl (C=O) groups excluding carboxylic acids is 2. The molecule has 0 unspecified atom stereocenters. The summed E-state index contributed by atoms with van der Waals surface area (Å²) in [7, 11) is 0. The van der Waals surface area contributed by atoms with Crippen LogP contribution in [-0.4, -0.2) is 39.7 Å². The molecule has 1 aromatic heterocycles. The van der Waals surface area contributed by atoms with E-state index in [1.54, 1.807) is 0 Å². The first-order valence-corrected chi connectivity index (χ1v) is 10.3. The van der Waals surface area contributed by atoms with E-state index < -0.39 is 18.0 Å². The number of amides is 3. The molecule has 0 radical (unpaired) electrons. The van der Waals surface area contributed by atoms with Gasteiger partial charge in [-0.25, -0.2) is 14.8 Å². The van der Waals surface area contributed by atoms with Gasteiger partial charge in [0.1, 0.15) is 18.9 Å². The number of aliphatic hydroxyl groups excluding tert-OH is 1. The minimum atomic E-state index is -0.910. The number of benzene rings is 2. The van der Waals surface area contributed by atoms with E-state index in [2.05, 4.69) is 10.4 Å². The fourth-order valence-electron chi connectivity index (χ4n) is 2.88. The summed E-state index contributed by atoms with van der Waals surface area (Å²) in [6.45, 7) is 1.84. The highest BCUT2D eigenvalue weighted by molar-refractivity contribution is 5.93. The molecule has 3 aromatic rings. The van der Waals surface area contributed by atoms with E-state index in [1.165, 1.54) is 19.2 Å². The Labute approximate surface area is 191 Å². The SMILES string of the molecule is C[C@@H](O)CN(NC(=O)c1cc(OCc2ccccc2)c(OCc2ccccc2)cn1)C(N)=O. The number of rotatable bonds is 9. The number of hydrogen-bond donors (Lipinski definition) is 3. The topological polar surface area (TPSA) is 127 Å². The van der Waals surface area contributed by atoms with E-state index in [0.717, 1.165) is 16.1 Å². The number of carbonyl (C=O) groups is 2. The average molecular weight is 450 g/mol. The van der Waals surface area contributed by atoms with Gasteiger partial charge in [-0.3, -0.25) is 10.2 Å². The standard InChI is InChI=1S/C24H26N4O5/c1-17(29)14-28(24(25)31)27-23(30)20-12-21(32-15-18-8-4-2-5-9-18)22(13-26-20)33-16-19-10-6-3-7-11-19/h2-13,17,29H,14-16H2,1H3,(H2,25,31)(H,27,30)/t17-/m1/s1. The van der Waals surface area contributed by atoms with Crippen LogP contribution in [0.2, 0.25) is 0 Å². The third-order valence-electron chi connectivity index (χ3n) is 4.49. The van der Waals surface area contributed by atoms with E-state index in [1.807, 2.05) is 60.7 Å². The van der Waals surface area contributed by atoms with Gasteiger partial charge in [-0.05, 0) is 18.1 Å². The summed E-state index contributed by atoms with van der Waals surface area (Å²) >= 11 is 0. The van der Waals surface area contributed by atoms with E-state index >= 15 is 0 Å². The lowest BCUT2D eigenvalue weighted by Gasteiger charge is -2.22. The van der Waals surface area contributed by atoms with Crippen LogP contribution in [0.5, 0.6) is 11.5 Å². The van der Waals surface area contributed by atoms with Gasteiger partial charge in [-0.1, -0.05) is 60.7 Å². The summed E-state index contributed by atoms with van der Waals surface area (Å²) in [5, 5.41) is 10.3. The Morgan fingerprint density at radius 3 is 2.06 bits per heavy atom. The van der Waals surface area contributed by atoms with E-state index in [0.29, 0.717) is 18.1 Å². The van der Waals surface area contributed by atoms with Gasteiger partial charge < -0.3 is 20.3 Å². The van der Waals surface area contributed by atoms with Crippen LogP contribution in [0.15, 0.2) is 72.9 Å². The number of nitrogens with two attached hydrogens (primary N) is 1. The number of hydrazine groups is 1. The largest absolute Gasteiger partial charge is 0.485 e. The first-order valence-electron chi connectivity index (χ1n) is 10.3. The number of aromatic nitrogens is 1. The van der Waals surface area contributed by atoms with Crippen molar-refractivity contribution in [1.82, 2.24) is 15.4 Å². The number of urea groups is 1. The monoisotopic (exact) mass is 450 g/mol. The van der Waals surface area contributed by atoms with Gasteiger partial charge in [-0.15, -0.1) is 0 Å². The van der Waals surface area contributed by atoms with Gasteiger partial charge >= 0.3 is 6.03 Å². The van der Waals surface area contributed by atoms with Crippen LogP contribution in [0.4, 0.5) is 4.79 Å². The lowest BCUT2D eigenvalue weighted by molar-refractivity contribution is 0.0740. The quantitative estimate of drug-likeness (QED) is 0.430. The molecule has 1 atom stereocenters. The molecule has 0 aliphatic heterocycles. The molecular weight excluding hydrogens is 424 g/mol. The van der Waals surface area contributed by atoms with Crippen molar-refractivity contribution in [2.75, 3.05) is 6.54 Å². The predicted molar refractivity (Wildman–Crippen MR) is 121 cm³/mol. The summed E-state index contributed by atoms with van der Waals surface area (Å²) < 4.78 is 11.8. The van der Waals surface area contributed by atoms with E-state index in [9.17, 15) is 14.7 Å². The summed E-state index contributed by atoms with van der Waals surface area (Å²) in [5.74, 6) is -0.00761. The van der Waals surface area contributed by atoms with Gasteiger partial charge in [0.15, 0.2) is 11.5 Å². The second-order valence-electron chi connectivity index (χ2n) is 7.30. The van der Waals surface area contributed by atoms with Crippen LogP contribution in [0, 0.1) is 0 Å². The lowest BCUT2D eigenvalue weighted by atomic mass is 10.2. The maximum absolute atomic E-state index is 12.7. The Bertz CT molecular complexity index is 1060. The van der Waals surface area contributed by atoms with Gasteiger partial charge in [0.05, 0.1) is 18.8 Å². The molecule has 9 nitrogen and oxygen atoms in total. The summed E-state index contributed by atoms with van der Waals surface area (Å²) in [6, 6.07) is 19.7. The molecule has 33 heavy (non-hydrogen) atoms. The second kappa shape index (κ2) is 11.5. The van der Waals surface area contributed by atoms with Gasteiger partial charge in [0.25, 0.3) is 5.91 Å². The van der Waals surface area contributed by atoms with Gasteiger partial charge in [-0.2, -0.15) is 0 Å². The van der Waals surface area contributed by atoms with E-state index in [-0.39, 0.29) is 18.8 Å². The minimum absolute atomic E-state index is 0.0121. The van der Waals surface area contributed by atoms with Crippen molar-refractivity contribution < 1.29 is 24.2 Å².